The number of rotatable bonds is 5. The highest BCUT2D eigenvalue weighted by Gasteiger charge is 2.23. The van der Waals surface area contributed by atoms with Gasteiger partial charge in [0.2, 0.25) is 0 Å². The predicted molar refractivity (Wildman–Crippen MR) is 98.2 cm³/mol. The van der Waals surface area contributed by atoms with E-state index in [4.69, 9.17) is 4.74 Å². The van der Waals surface area contributed by atoms with E-state index < -0.39 is 22.7 Å². The summed E-state index contributed by atoms with van der Waals surface area (Å²) in [7, 11) is -1.18. The van der Waals surface area contributed by atoms with Crippen molar-refractivity contribution in [3.8, 4) is 0 Å². The number of carbonyl (C=O) groups excluding carboxylic acids is 1. The Kier molecular flexibility index (Phi) is 6.92. The molecule has 7 heteroatoms. The van der Waals surface area contributed by atoms with Gasteiger partial charge in [-0.1, -0.05) is 6.92 Å². The Morgan fingerprint density at radius 2 is 1.92 bits per heavy atom. The van der Waals surface area contributed by atoms with Crippen molar-refractivity contribution >= 4 is 22.9 Å². The third-order valence-electron chi connectivity index (χ3n) is 3.03. The highest BCUT2D eigenvalue weighted by atomic mass is 32.2. The number of hydrogen-bond acceptors (Lipinski definition) is 4. The van der Waals surface area contributed by atoms with Gasteiger partial charge in [-0.05, 0) is 65.7 Å². The Bertz CT molecular complexity index is 591. The Morgan fingerprint density at radius 3 is 2.42 bits per heavy atom. The lowest BCUT2D eigenvalue weighted by Crippen LogP contribution is -2.35. The molecule has 0 saturated heterocycles. The average molecular weight is 356 g/mol. The molecule has 0 aromatic carbocycles. The Hall–Kier alpha value is -1.47. The average Bonchev–Trinajstić information content (AvgIpc) is 2.41. The van der Waals surface area contributed by atoms with E-state index in [0.717, 1.165) is 12.0 Å². The van der Waals surface area contributed by atoms with Crippen LogP contribution < -0.4 is 10.0 Å². The van der Waals surface area contributed by atoms with Gasteiger partial charge in [0.15, 0.2) is 0 Å². The molecule has 0 saturated carbocycles. The molecule has 1 amide bonds. The van der Waals surface area contributed by atoms with Crippen LogP contribution in [-0.2, 0) is 15.7 Å². The van der Waals surface area contributed by atoms with Crippen LogP contribution in [0.5, 0.6) is 0 Å². The molecule has 24 heavy (non-hydrogen) atoms. The van der Waals surface area contributed by atoms with Crippen LogP contribution in [-0.4, -0.2) is 25.6 Å². The van der Waals surface area contributed by atoms with Crippen molar-refractivity contribution in [3.05, 3.63) is 23.9 Å². The van der Waals surface area contributed by atoms with E-state index in [1.807, 2.05) is 33.8 Å². The highest BCUT2D eigenvalue weighted by molar-refractivity contribution is 7.84. The summed E-state index contributed by atoms with van der Waals surface area (Å²) >= 11 is 0. The molecule has 1 unspecified atom stereocenters. The van der Waals surface area contributed by atoms with Crippen molar-refractivity contribution in [3.63, 3.8) is 0 Å². The molecule has 2 atom stereocenters. The molecule has 0 aliphatic heterocycles. The summed E-state index contributed by atoms with van der Waals surface area (Å²) < 4.78 is 20.3. The van der Waals surface area contributed by atoms with Crippen LogP contribution in [0.1, 0.15) is 66.5 Å². The van der Waals surface area contributed by atoms with Crippen LogP contribution in [0.2, 0.25) is 0 Å². The normalized spacial score (nSPS) is 14.8. The van der Waals surface area contributed by atoms with Gasteiger partial charge in [-0.15, -0.1) is 0 Å². The molecule has 0 fully saturated rings. The largest absolute Gasteiger partial charge is 0.444 e. The zero-order valence-electron chi connectivity index (χ0n) is 15.6. The number of hydrogen-bond donors (Lipinski definition) is 2. The third kappa shape index (κ3) is 6.97. The van der Waals surface area contributed by atoms with Crippen molar-refractivity contribution in [2.24, 2.45) is 0 Å². The fraction of sp³-hybridized carbons (Fsp3) is 0.647. The molecule has 0 bridgehead atoms. The van der Waals surface area contributed by atoms with Crippen molar-refractivity contribution in [2.75, 3.05) is 5.32 Å². The lowest BCUT2D eigenvalue weighted by molar-refractivity contribution is 0.0635. The molecule has 0 aliphatic rings. The summed E-state index contributed by atoms with van der Waals surface area (Å²) in [6.07, 6.45) is 1.83. The summed E-state index contributed by atoms with van der Waals surface area (Å²) in [4.78, 5) is 16.0. The first-order valence-electron chi connectivity index (χ1n) is 8.06. The van der Waals surface area contributed by atoms with Gasteiger partial charge >= 0.3 is 6.09 Å². The molecular weight excluding hydrogens is 326 g/mol. The number of amides is 1. The summed E-state index contributed by atoms with van der Waals surface area (Å²) in [6.45, 7) is 13.2. The molecule has 0 radical (unpaired) electrons. The van der Waals surface area contributed by atoms with E-state index in [9.17, 15) is 9.00 Å². The van der Waals surface area contributed by atoms with Crippen LogP contribution in [0, 0.1) is 0 Å². The van der Waals surface area contributed by atoms with Gasteiger partial charge in [-0.25, -0.2) is 18.7 Å². The van der Waals surface area contributed by atoms with Crippen LogP contribution in [0.15, 0.2) is 18.3 Å². The zero-order chi connectivity index (χ0) is 18.5. The summed E-state index contributed by atoms with van der Waals surface area (Å²) in [5.41, 5.74) is 0.342. The molecule has 1 aromatic heterocycles. The van der Waals surface area contributed by atoms with Crippen molar-refractivity contribution in [2.45, 2.75) is 71.3 Å². The molecule has 1 aromatic rings. The van der Waals surface area contributed by atoms with Gasteiger partial charge < -0.3 is 4.74 Å². The lowest BCUT2D eigenvalue weighted by Gasteiger charge is -2.24. The summed E-state index contributed by atoms with van der Waals surface area (Å²) in [5.74, 6) is 0.406. The van der Waals surface area contributed by atoms with E-state index >= 15 is 0 Å². The number of ether oxygens (including phenoxy) is 1. The standard InChI is InChI=1S/C17H29N3O3S/c1-8-13(20-24(22)17(5,6)7)12-9-10-18-14(11-12)19-15(21)23-16(2,3)4/h9-11,13,20H,8H2,1-7H3,(H,18,19,21)/t13?,24-/m1/s1. The fourth-order valence-corrected chi connectivity index (χ4v) is 2.75. The second-order valence-electron chi connectivity index (χ2n) is 7.56. The minimum atomic E-state index is -1.18. The monoisotopic (exact) mass is 355 g/mol. The van der Waals surface area contributed by atoms with Gasteiger partial charge in [-0.3, -0.25) is 5.32 Å². The second-order valence-corrected chi connectivity index (χ2v) is 9.56. The van der Waals surface area contributed by atoms with E-state index in [2.05, 4.69) is 15.0 Å². The second kappa shape index (κ2) is 8.07. The van der Waals surface area contributed by atoms with Gasteiger partial charge in [-0.2, -0.15) is 0 Å². The number of nitrogens with zero attached hydrogens (tertiary/aromatic N) is 1. The minimum absolute atomic E-state index is 0.0905. The maximum absolute atomic E-state index is 12.3. The zero-order valence-corrected chi connectivity index (χ0v) is 16.4. The van der Waals surface area contributed by atoms with Crippen molar-refractivity contribution in [1.82, 2.24) is 9.71 Å². The van der Waals surface area contributed by atoms with E-state index in [1.54, 1.807) is 33.0 Å². The molecule has 1 rings (SSSR count). The van der Waals surface area contributed by atoms with Gasteiger partial charge in [0.25, 0.3) is 0 Å². The van der Waals surface area contributed by atoms with Gasteiger partial charge in [0, 0.05) is 12.2 Å². The van der Waals surface area contributed by atoms with Crippen LogP contribution in [0.25, 0.3) is 0 Å². The Balaban J connectivity index is 2.86. The van der Waals surface area contributed by atoms with Crippen molar-refractivity contribution in [1.29, 1.82) is 0 Å². The summed E-state index contributed by atoms with van der Waals surface area (Å²) in [6, 6.07) is 3.53. The SMILES string of the molecule is CCC(N[S@](=O)C(C)(C)C)c1ccnc(NC(=O)OC(C)(C)C)c1. The number of carbonyl (C=O) groups is 1. The summed E-state index contributed by atoms with van der Waals surface area (Å²) in [5, 5.41) is 2.63. The molecular formula is C17H29N3O3S. The molecule has 1 heterocycles. The maximum atomic E-state index is 12.3. The fourth-order valence-electron chi connectivity index (χ4n) is 1.83. The first-order valence-corrected chi connectivity index (χ1v) is 9.21. The van der Waals surface area contributed by atoms with Gasteiger partial charge in [0.05, 0.1) is 15.7 Å². The van der Waals surface area contributed by atoms with Gasteiger partial charge in [0.1, 0.15) is 11.4 Å². The number of nitrogens with one attached hydrogen (secondary N) is 2. The number of anilines is 1. The highest BCUT2D eigenvalue weighted by Crippen LogP contribution is 2.22. The topological polar surface area (TPSA) is 80.3 Å². The van der Waals surface area contributed by atoms with Crippen LogP contribution in [0.4, 0.5) is 10.6 Å². The molecule has 136 valence electrons. The smallest absolute Gasteiger partial charge is 0.413 e. The first-order chi connectivity index (χ1) is 10.9. The molecule has 0 aliphatic carbocycles. The van der Waals surface area contributed by atoms with E-state index in [1.165, 1.54) is 0 Å². The minimum Gasteiger partial charge on any atom is -0.444 e. The Labute approximate surface area is 147 Å². The van der Waals surface area contributed by atoms with E-state index in [0.29, 0.717) is 5.82 Å². The molecule has 2 N–H and O–H groups in total. The quantitative estimate of drug-likeness (QED) is 0.838. The van der Waals surface area contributed by atoms with Crippen LogP contribution >= 0.6 is 0 Å². The van der Waals surface area contributed by atoms with Crippen LogP contribution in [0.3, 0.4) is 0 Å². The molecule has 6 nitrogen and oxygen atoms in total. The predicted octanol–water partition coefficient (Wildman–Crippen LogP) is 3.93. The molecule has 0 spiro atoms. The maximum Gasteiger partial charge on any atom is 0.413 e. The Morgan fingerprint density at radius 1 is 1.29 bits per heavy atom. The lowest BCUT2D eigenvalue weighted by atomic mass is 10.1. The van der Waals surface area contributed by atoms with E-state index in [-0.39, 0.29) is 10.8 Å². The third-order valence-corrected chi connectivity index (χ3v) is 4.64. The number of aromatic nitrogens is 1. The van der Waals surface area contributed by atoms with Crippen molar-refractivity contribution < 1.29 is 13.7 Å². The first kappa shape index (κ1) is 20.6. The number of pyridine rings is 1.